The second-order valence-electron chi connectivity index (χ2n) is 11.1. The summed E-state index contributed by atoms with van der Waals surface area (Å²) in [5.41, 5.74) is 10.9. The first-order valence-corrected chi connectivity index (χ1v) is 13.5. The van der Waals surface area contributed by atoms with Crippen molar-refractivity contribution in [3.8, 4) is 17.3 Å². The number of H-pyrrole nitrogens is 1. The fourth-order valence-corrected chi connectivity index (χ4v) is 5.35. The molecular formula is C31H30F2N6O3. The van der Waals surface area contributed by atoms with Gasteiger partial charge in [0.05, 0.1) is 35.9 Å². The normalized spacial score (nSPS) is 13.9. The van der Waals surface area contributed by atoms with Crippen LogP contribution in [-0.2, 0) is 13.0 Å². The molecule has 6 rings (SSSR count). The largest absolute Gasteiger partial charge is 0.433 e. The number of ketones is 1. The van der Waals surface area contributed by atoms with E-state index in [1.54, 1.807) is 6.92 Å². The van der Waals surface area contributed by atoms with Gasteiger partial charge in [0, 0.05) is 35.6 Å². The topological polar surface area (TPSA) is 122 Å². The number of hydrogen-bond donors (Lipinski definition) is 3. The molecule has 0 saturated carbocycles. The van der Waals surface area contributed by atoms with Crippen LogP contribution in [-0.4, -0.2) is 54.2 Å². The number of nitrogen functional groups attached to an aromatic ring is 1. The van der Waals surface area contributed by atoms with E-state index < -0.39 is 17.4 Å². The number of ether oxygens (including phenoxy) is 1. The molecule has 42 heavy (non-hydrogen) atoms. The van der Waals surface area contributed by atoms with Crippen LogP contribution in [0.3, 0.4) is 0 Å². The van der Waals surface area contributed by atoms with Gasteiger partial charge in [-0.3, -0.25) is 9.69 Å². The van der Waals surface area contributed by atoms with Gasteiger partial charge in [-0.15, -0.1) is 0 Å². The van der Waals surface area contributed by atoms with Crippen molar-refractivity contribution in [3.05, 3.63) is 94.4 Å². The zero-order chi connectivity index (χ0) is 29.8. The Hall–Kier alpha value is -4.61. The van der Waals surface area contributed by atoms with Crippen molar-refractivity contribution >= 4 is 22.5 Å². The Labute approximate surface area is 240 Å². The summed E-state index contributed by atoms with van der Waals surface area (Å²) in [6.45, 7) is 7.34. The summed E-state index contributed by atoms with van der Waals surface area (Å²) in [6, 6.07) is 10.9. The standard InChI is InChI=1S/C31H30F2N6O3/c1-17-11-27(42-29-22(32)5-4-6-23(29)33)35-14-26(17)39-30(34)20(13-36-39)28(41)25-12-19-21-15-38(31(2,3)16-40)10-9-18(21)7-8-24(19)37-25/h4-8,11-14,37,40H,9-10,15-16,34H2,1-3H3. The number of nitrogens with two attached hydrogens (primary N) is 1. The lowest BCUT2D eigenvalue weighted by molar-refractivity contribution is 0.0469. The number of benzene rings is 2. The zero-order valence-corrected chi connectivity index (χ0v) is 23.4. The Morgan fingerprint density at radius 3 is 2.64 bits per heavy atom. The molecule has 4 N–H and O–H groups in total. The number of aliphatic hydroxyl groups is 1. The smallest absolute Gasteiger partial charge is 0.219 e. The molecule has 0 radical (unpaired) electrons. The maximum atomic E-state index is 14.0. The highest BCUT2D eigenvalue weighted by Crippen LogP contribution is 2.33. The summed E-state index contributed by atoms with van der Waals surface area (Å²) in [4.78, 5) is 23.3. The molecule has 0 atom stereocenters. The molecule has 0 amide bonds. The predicted molar refractivity (Wildman–Crippen MR) is 154 cm³/mol. The van der Waals surface area contributed by atoms with Crippen molar-refractivity contribution in [3.63, 3.8) is 0 Å². The van der Waals surface area contributed by atoms with E-state index >= 15 is 0 Å². The van der Waals surface area contributed by atoms with E-state index in [1.807, 2.05) is 26.0 Å². The lowest BCUT2D eigenvalue weighted by Crippen LogP contribution is -2.48. The number of nitrogens with zero attached hydrogens (tertiary/aromatic N) is 4. The molecule has 0 saturated heterocycles. The van der Waals surface area contributed by atoms with Crippen LogP contribution < -0.4 is 10.5 Å². The number of nitrogens with one attached hydrogen (secondary N) is 1. The zero-order valence-electron chi connectivity index (χ0n) is 23.4. The van der Waals surface area contributed by atoms with Gasteiger partial charge in [0.2, 0.25) is 17.4 Å². The molecular weight excluding hydrogens is 542 g/mol. The average Bonchev–Trinajstić information content (AvgIpc) is 3.58. The Morgan fingerprint density at radius 2 is 1.93 bits per heavy atom. The van der Waals surface area contributed by atoms with E-state index in [9.17, 15) is 18.7 Å². The predicted octanol–water partition coefficient (Wildman–Crippen LogP) is 5.07. The molecule has 9 nitrogen and oxygen atoms in total. The number of carbonyl (C=O) groups is 1. The fraction of sp³-hybridized carbons (Fsp3) is 0.258. The van der Waals surface area contributed by atoms with Crippen LogP contribution in [0.1, 0.15) is 46.6 Å². The molecule has 1 aliphatic rings. The highest BCUT2D eigenvalue weighted by molar-refractivity contribution is 6.12. The van der Waals surface area contributed by atoms with E-state index in [-0.39, 0.29) is 35.2 Å². The number of pyridine rings is 1. The summed E-state index contributed by atoms with van der Waals surface area (Å²) in [6.07, 6.45) is 3.67. The minimum Gasteiger partial charge on any atom is -0.433 e. The van der Waals surface area contributed by atoms with Crippen molar-refractivity contribution in [1.29, 1.82) is 0 Å². The van der Waals surface area contributed by atoms with Gasteiger partial charge in [-0.05, 0) is 68.1 Å². The summed E-state index contributed by atoms with van der Waals surface area (Å²) in [7, 11) is 0. The van der Waals surface area contributed by atoms with Crippen LogP contribution in [0.2, 0.25) is 0 Å². The highest BCUT2D eigenvalue weighted by Gasteiger charge is 2.30. The van der Waals surface area contributed by atoms with Gasteiger partial charge in [0.25, 0.3) is 0 Å². The van der Waals surface area contributed by atoms with E-state index in [2.05, 4.69) is 26.0 Å². The number of fused-ring (bicyclic) bond motifs is 3. The van der Waals surface area contributed by atoms with Crippen LogP contribution in [0.5, 0.6) is 11.6 Å². The van der Waals surface area contributed by atoms with E-state index in [1.165, 1.54) is 34.8 Å². The van der Waals surface area contributed by atoms with Crippen molar-refractivity contribution in [2.45, 2.75) is 39.3 Å². The van der Waals surface area contributed by atoms with Crippen molar-refractivity contribution in [1.82, 2.24) is 24.6 Å². The summed E-state index contributed by atoms with van der Waals surface area (Å²) < 4.78 is 34.8. The average molecular weight is 573 g/mol. The number of para-hydroxylation sites is 1. The third-order valence-electron chi connectivity index (χ3n) is 7.96. The molecule has 11 heteroatoms. The SMILES string of the molecule is Cc1cc(Oc2c(F)cccc2F)ncc1-n1ncc(C(=O)c2cc3c4c(ccc3[nH]2)CCN(C(C)(C)CO)C4)c1N. The monoisotopic (exact) mass is 572 g/mol. The van der Waals surface area contributed by atoms with Crippen LogP contribution in [0, 0.1) is 18.6 Å². The molecule has 0 unspecified atom stereocenters. The van der Waals surface area contributed by atoms with Gasteiger partial charge in [-0.1, -0.05) is 12.1 Å². The molecule has 3 aromatic heterocycles. The second kappa shape index (κ2) is 10.3. The minimum absolute atomic E-state index is 0.00960. The van der Waals surface area contributed by atoms with Gasteiger partial charge in [0.1, 0.15) is 5.82 Å². The van der Waals surface area contributed by atoms with E-state index in [0.29, 0.717) is 23.5 Å². The molecule has 1 aliphatic heterocycles. The van der Waals surface area contributed by atoms with Gasteiger partial charge >= 0.3 is 0 Å². The summed E-state index contributed by atoms with van der Waals surface area (Å²) >= 11 is 0. The maximum absolute atomic E-state index is 14.0. The number of carbonyl (C=O) groups excluding carboxylic acids is 1. The third kappa shape index (κ3) is 4.70. The Bertz CT molecular complexity index is 1820. The van der Waals surface area contributed by atoms with Gasteiger partial charge in [-0.2, -0.15) is 5.10 Å². The van der Waals surface area contributed by atoms with E-state index in [4.69, 9.17) is 10.5 Å². The summed E-state index contributed by atoms with van der Waals surface area (Å²) in [5, 5.41) is 15.2. The van der Waals surface area contributed by atoms with Crippen LogP contribution in [0.4, 0.5) is 14.6 Å². The van der Waals surface area contributed by atoms with Gasteiger partial charge < -0.3 is 20.6 Å². The number of aromatic nitrogens is 4. The summed E-state index contributed by atoms with van der Waals surface area (Å²) in [5.74, 6) is -2.44. The quantitative estimate of drug-likeness (QED) is 0.233. The minimum atomic E-state index is -0.846. The maximum Gasteiger partial charge on any atom is 0.219 e. The molecule has 0 spiro atoms. The van der Waals surface area contributed by atoms with Crippen molar-refractivity contribution in [2.75, 3.05) is 18.9 Å². The van der Waals surface area contributed by atoms with Crippen LogP contribution >= 0.6 is 0 Å². The first kappa shape index (κ1) is 27.6. The number of halogens is 2. The van der Waals surface area contributed by atoms with Crippen LogP contribution in [0.15, 0.2) is 54.9 Å². The number of anilines is 1. The van der Waals surface area contributed by atoms with Gasteiger partial charge in [0.15, 0.2) is 11.6 Å². The molecule has 0 aliphatic carbocycles. The Balaban J connectivity index is 1.28. The molecule has 0 bridgehead atoms. The van der Waals surface area contributed by atoms with Crippen molar-refractivity contribution < 1.29 is 23.4 Å². The Morgan fingerprint density at radius 1 is 1.17 bits per heavy atom. The first-order valence-electron chi connectivity index (χ1n) is 13.5. The Kier molecular flexibility index (Phi) is 6.78. The molecule has 216 valence electrons. The third-order valence-corrected chi connectivity index (χ3v) is 7.96. The van der Waals surface area contributed by atoms with Gasteiger partial charge in [-0.25, -0.2) is 18.4 Å². The van der Waals surface area contributed by atoms with E-state index in [0.717, 1.165) is 41.6 Å². The molecule has 0 fully saturated rings. The lowest BCUT2D eigenvalue weighted by atomic mass is 9.92. The highest BCUT2D eigenvalue weighted by atomic mass is 19.1. The molecule has 5 aromatic rings. The van der Waals surface area contributed by atoms with Crippen molar-refractivity contribution in [2.24, 2.45) is 0 Å². The number of rotatable bonds is 7. The first-order chi connectivity index (χ1) is 20.1. The molecule has 4 heterocycles. The number of aromatic amines is 1. The second-order valence-corrected chi connectivity index (χ2v) is 11.1. The number of aryl methyl sites for hydroxylation is 1. The molecule has 2 aromatic carbocycles. The lowest BCUT2D eigenvalue weighted by Gasteiger charge is -2.40. The number of hydrogen-bond acceptors (Lipinski definition) is 7. The number of aliphatic hydroxyl groups excluding tert-OH is 1. The van der Waals surface area contributed by atoms with Crippen LogP contribution in [0.25, 0.3) is 16.6 Å². The fourth-order valence-electron chi connectivity index (χ4n) is 5.35.